The molecule has 1 fully saturated rings. The van der Waals surface area contributed by atoms with Crippen molar-refractivity contribution in [3.63, 3.8) is 0 Å². The summed E-state index contributed by atoms with van der Waals surface area (Å²) in [5.41, 5.74) is 0.867. The molecule has 0 saturated carbocycles. The normalized spacial score (nSPS) is 17.3. The van der Waals surface area contributed by atoms with Gasteiger partial charge in [0.2, 0.25) is 0 Å². The summed E-state index contributed by atoms with van der Waals surface area (Å²) in [6.45, 7) is 1.94. The summed E-state index contributed by atoms with van der Waals surface area (Å²) in [5.74, 6) is 0.318. The molecule has 1 aromatic rings. The van der Waals surface area contributed by atoms with Crippen molar-refractivity contribution < 1.29 is 14.6 Å². The highest BCUT2D eigenvalue weighted by Gasteiger charge is 2.23. The molecule has 1 aliphatic rings. The maximum absolute atomic E-state index is 12.2. The van der Waals surface area contributed by atoms with Crippen LogP contribution in [-0.2, 0) is 4.74 Å². The van der Waals surface area contributed by atoms with Gasteiger partial charge in [-0.1, -0.05) is 29.8 Å². The molecule has 1 heterocycles. The number of methoxy groups -OCH3 is 1. The molecule has 22 heavy (non-hydrogen) atoms. The average Bonchev–Trinajstić information content (AvgIpc) is 2.56. The van der Waals surface area contributed by atoms with Crippen LogP contribution in [0.25, 0.3) is 0 Å². The Labute approximate surface area is 136 Å². The second-order valence-electron chi connectivity index (χ2n) is 5.54. The van der Waals surface area contributed by atoms with Crippen LogP contribution in [0.2, 0.25) is 5.02 Å². The number of hydrogen-bond donors (Lipinski definition) is 2. The highest BCUT2D eigenvalue weighted by molar-refractivity contribution is 6.31. The third kappa shape index (κ3) is 4.35. The number of carbonyl (C=O) groups excluding carboxylic acids is 1. The van der Waals surface area contributed by atoms with Crippen LogP contribution in [0.5, 0.6) is 0 Å². The Morgan fingerprint density at radius 2 is 2.14 bits per heavy atom. The number of aliphatic hydroxyl groups is 1. The molecule has 1 unspecified atom stereocenters. The number of hydrogen-bond acceptors (Lipinski definition) is 3. The fourth-order valence-corrected chi connectivity index (χ4v) is 2.92. The van der Waals surface area contributed by atoms with Crippen molar-refractivity contribution in [2.24, 2.45) is 5.92 Å². The molecule has 0 aliphatic carbocycles. The summed E-state index contributed by atoms with van der Waals surface area (Å²) < 4.78 is 5.44. The molecular formula is C16H23ClN2O3. The minimum atomic E-state index is -0.271. The highest BCUT2D eigenvalue weighted by atomic mass is 35.5. The first-order chi connectivity index (χ1) is 10.7. The van der Waals surface area contributed by atoms with Gasteiger partial charge in [0, 0.05) is 43.9 Å². The van der Waals surface area contributed by atoms with E-state index < -0.39 is 0 Å². The smallest absolute Gasteiger partial charge is 0.317 e. The maximum atomic E-state index is 12.2. The lowest BCUT2D eigenvalue weighted by Crippen LogP contribution is -2.46. The van der Waals surface area contributed by atoms with Crippen molar-refractivity contribution >= 4 is 17.6 Å². The molecular weight excluding hydrogens is 304 g/mol. The summed E-state index contributed by atoms with van der Waals surface area (Å²) in [7, 11) is 1.60. The predicted molar refractivity (Wildman–Crippen MR) is 86.0 cm³/mol. The number of halogens is 1. The van der Waals surface area contributed by atoms with E-state index in [1.165, 1.54) is 0 Å². The summed E-state index contributed by atoms with van der Waals surface area (Å²) in [5, 5.41) is 12.7. The van der Waals surface area contributed by atoms with Crippen molar-refractivity contribution in [3.05, 3.63) is 34.9 Å². The molecule has 1 aromatic carbocycles. The minimum absolute atomic E-state index is 0.0921. The van der Waals surface area contributed by atoms with Gasteiger partial charge in [0.05, 0.1) is 0 Å². The number of urea groups is 1. The molecule has 5 nitrogen and oxygen atoms in total. The number of carbonyl (C=O) groups is 1. The maximum Gasteiger partial charge on any atom is 0.317 e. The summed E-state index contributed by atoms with van der Waals surface area (Å²) in [6, 6.07) is 7.38. The van der Waals surface area contributed by atoms with Gasteiger partial charge >= 0.3 is 6.03 Å². The zero-order valence-electron chi connectivity index (χ0n) is 12.8. The van der Waals surface area contributed by atoms with Crippen LogP contribution < -0.4 is 5.32 Å². The fraction of sp³-hybridized carbons (Fsp3) is 0.562. The van der Waals surface area contributed by atoms with Gasteiger partial charge in [-0.15, -0.1) is 0 Å². The van der Waals surface area contributed by atoms with E-state index in [2.05, 4.69) is 5.32 Å². The monoisotopic (exact) mass is 326 g/mol. The molecule has 0 bridgehead atoms. The number of ether oxygens (including phenoxy) is 1. The predicted octanol–water partition coefficient (Wildman–Crippen LogP) is 2.44. The van der Waals surface area contributed by atoms with Crippen LogP contribution in [0, 0.1) is 5.92 Å². The molecule has 0 spiro atoms. The highest BCUT2D eigenvalue weighted by Crippen LogP contribution is 2.24. The lowest BCUT2D eigenvalue weighted by molar-refractivity contribution is 0.0981. The van der Waals surface area contributed by atoms with Crippen molar-refractivity contribution in [2.75, 3.05) is 33.4 Å². The van der Waals surface area contributed by atoms with E-state index in [1.54, 1.807) is 12.0 Å². The second kappa shape index (κ2) is 8.36. The first kappa shape index (κ1) is 17.1. The lowest BCUT2D eigenvalue weighted by atomic mass is 9.98. The Bertz CT molecular complexity index is 490. The van der Waals surface area contributed by atoms with Crippen LogP contribution in [0.15, 0.2) is 24.3 Å². The minimum Gasteiger partial charge on any atom is -0.396 e. The number of likely N-dealkylation sites (tertiary alicyclic amines) is 1. The van der Waals surface area contributed by atoms with Crippen LogP contribution in [0.4, 0.5) is 4.79 Å². The number of benzene rings is 1. The SMILES string of the molecule is COC(CNC(=O)N1CCC(CO)CC1)c1ccccc1Cl. The second-order valence-corrected chi connectivity index (χ2v) is 5.95. The van der Waals surface area contributed by atoms with Crippen LogP contribution in [0.1, 0.15) is 24.5 Å². The van der Waals surface area contributed by atoms with E-state index in [-0.39, 0.29) is 18.7 Å². The standard InChI is InChI=1S/C16H23ClN2O3/c1-22-15(13-4-2-3-5-14(13)17)10-18-16(21)19-8-6-12(11-20)7-9-19/h2-5,12,15,20H,6-11H2,1H3,(H,18,21). The third-order valence-electron chi connectivity index (χ3n) is 4.14. The van der Waals surface area contributed by atoms with Crippen molar-refractivity contribution in [2.45, 2.75) is 18.9 Å². The van der Waals surface area contributed by atoms with E-state index in [9.17, 15) is 4.79 Å². The fourth-order valence-electron chi connectivity index (χ4n) is 2.67. The Hall–Kier alpha value is -1.30. The van der Waals surface area contributed by atoms with Gasteiger partial charge in [0.25, 0.3) is 0 Å². The summed E-state index contributed by atoms with van der Waals surface area (Å²) in [4.78, 5) is 14.0. The van der Waals surface area contributed by atoms with Gasteiger partial charge in [0.15, 0.2) is 0 Å². The molecule has 1 atom stereocenters. The zero-order valence-corrected chi connectivity index (χ0v) is 13.6. The number of nitrogens with zero attached hydrogens (tertiary/aromatic N) is 1. The molecule has 1 saturated heterocycles. The van der Waals surface area contributed by atoms with Gasteiger partial charge in [-0.25, -0.2) is 4.79 Å². The number of amides is 2. The lowest BCUT2D eigenvalue weighted by Gasteiger charge is -2.31. The van der Waals surface area contributed by atoms with Crippen LogP contribution in [-0.4, -0.2) is 49.4 Å². The Morgan fingerprint density at radius 3 is 2.73 bits per heavy atom. The third-order valence-corrected chi connectivity index (χ3v) is 4.48. The Kier molecular flexibility index (Phi) is 6.49. The largest absolute Gasteiger partial charge is 0.396 e. The molecule has 2 amide bonds. The molecule has 122 valence electrons. The summed E-state index contributed by atoms with van der Waals surface area (Å²) >= 11 is 6.17. The molecule has 0 aromatic heterocycles. The van der Waals surface area contributed by atoms with Crippen molar-refractivity contribution in [1.29, 1.82) is 0 Å². The van der Waals surface area contributed by atoms with Crippen molar-refractivity contribution in [1.82, 2.24) is 10.2 Å². The van der Waals surface area contributed by atoms with Gasteiger partial charge in [0.1, 0.15) is 6.10 Å². The van der Waals surface area contributed by atoms with Gasteiger partial charge in [-0.05, 0) is 24.8 Å². The van der Waals surface area contributed by atoms with Gasteiger partial charge in [-0.2, -0.15) is 0 Å². The quantitative estimate of drug-likeness (QED) is 0.873. The van der Waals surface area contributed by atoms with Crippen LogP contribution >= 0.6 is 11.6 Å². The first-order valence-electron chi connectivity index (χ1n) is 7.56. The van der Waals surface area contributed by atoms with Gasteiger partial charge < -0.3 is 20.1 Å². The zero-order chi connectivity index (χ0) is 15.9. The van der Waals surface area contributed by atoms with E-state index >= 15 is 0 Å². The van der Waals surface area contributed by atoms with E-state index in [0.717, 1.165) is 18.4 Å². The van der Waals surface area contributed by atoms with E-state index in [1.807, 2.05) is 24.3 Å². The van der Waals surface area contributed by atoms with Gasteiger partial charge in [-0.3, -0.25) is 0 Å². The average molecular weight is 327 g/mol. The Morgan fingerprint density at radius 1 is 1.45 bits per heavy atom. The number of nitrogens with one attached hydrogen (secondary N) is 1. The number of aliphatic hydroxyl groups excluding tert-OH is 1. The summed E-state index contributed by atoms with van der Waals surface area (Å²) in [6.07, 6.45) is 1.43. The molecule has 2 rings (SSSR count). The molecule has 0 radical (unpaired) electrons. The number of rotatable bonds is 5. The van der Waals surface area contributed by atoms with E-state index in [4.69, 9.17) is 21.4 Å². The first-order valence-corrected chi connectivity index (χ1v) is 7.94. The Balaban J connectivity index is 1.86. The topological polar surface area (TPSA) is 61.8 Å². The molecule has 1 aliphatic heterocycles. The number of piperidine rings is 1. The van der Waals surface area contributed by atoms with Crippen molar-refractivity contribution in [3.8, 4) is 0 Å². The van der Waals surface area contributed by atoms with E-state index in [0.29, 0.717) is 30.6 Å². The van der Waals surface area contributed by atoms with Crippen LogP contribution in [0.3, 0.4) is 0 Å². The molecule has 2 N–H and O–H groups in total. The molecule has 6 heteroatoms.